The number of para-hydroxylation sites is 1. The maximum atomic E-state index is 13.2. The lowest BCUT2D eigenvalue weighted by Crippen LogP contribution is -2.46. The molecule has 4 rings (SSSR count). The number of hydrogen-bond acceptors (Lipinski definition) is 3. The van der Waals surface area contributed by atoms with Crippen LogP contribution in [0.5, 0.6) is 0 Å². The quantitative estimate of drug-likeness (QED) is 0.925. The van der Waals surface area contributed by atoms with Crippen LogP contribution in [0, 0.1) is 0 Å². The second kappa shape index (κ2) is 5.14. The van der Waals surface area contributed by atoms with Crippen molar-refractivity contribution in [3.63, 3.8) is 0 Å². The van der Waals surface area contributed by atoms with Crippen molar-refractivity contribution in [1.29, 1.82) is 0 Å². The molecular formula is C18H18N2OS. The molecule has 2 aliphatic rings. The van der Waals surface area contributed by atoms with Gasteiger partial charge in [0.05, 0.1) is 12.2 Å². The van der Waals surface area contributed by atoms with E-state index in [-0.39, 0.29) is 5.91 Å². The van der Waals surface area contributed by atoms with Crippen LogP contribution in [-0.2, 0) is 16.2 Å². The van der Waals surface area contributed by atoms with Gasteiger partial charge in [0.1, 0.15) is 0 Å². The lowest BCUT2D eigenvalue weighted by molar-refractivity contribution is -0.121. The maximum absolute atomic E-state index is 13.2. The molecule has 3 nitrogen and oxygen atoms in total. The summed E-state index contributed by atoms with van der Waals surface area (Å²) in [4.78, 5) is 14.5. The number of carbonyl (C=O) groups excluding carboxylic acids is 1. The first-order valence-electron chi connectivity index (χ1n) is 7.58. The second-order valence-electron chi connectivity index (χ2n) is 5.93. The Kier molecular flexibility index (Phi) is 3.24. The van der Waals surface area contributed by atoms with Gasteiger partial charge in [-0.3, -0.25) is 10.1 Å². The minimum Gasteiger partial charge on any atom is -0.305 e. The summed E-state index contributed by atoms with van der Waals surface area (Å²) < 4.78 is 0. The zero-order chi connectivity index (χ0) is 15.2. The summed E-state index contributed by atoms with van der Waals surface area (Å²) in [5.41, 5.74) is 3.29. The van der Waals surface area contributed by atoms with Gasteiger partial charge in [-0.1, -0.05) is 48.5 Å². The van der Waals surface area contributed by atoms with Gasteiger partial charge in [-0.05, 0) is 18.6 Å². The number of hydrogen-bond donors (Lipinski definition) is 1. The highest BCUT2D eigenvalue weighted by Crippen LogP contribution is 2.50. The fourth-order valence-corrected chi connectivity index (χ4v) is 4.73. The highest BCUT2D eigenvalue weighted by molar-refractivity contribution is 8.01. The molecule has 4 heteroatoms. The Balaban J connectivity index is 1.76. The Labute approximate surface area is 134 Å². The third-order valence-corrected chi connectivity index (χ3v) is 5.92. The Morgan fingerprint density at radius 1 is 1.18 bits per heavy atom. The van der Waals surface area contributed by atoms with Crippen molar-refractivity contribution in [3.8, 4) is 0 Å². The van der Waals surface area contributed by atoms with Crippen LogP contribution in [0.25, 0.3) is 0 Å². The average molecular weight is 310 g/mol. The molecule has 2 unspecified atom stereocenters. The van der Waals surface area contributed by atoms with Crippen molar-refractivity contribution < 1.29 is 4.79 Å². The highest BCUT2D eigenvalue weighted by atomic mass is 32.2. The van der Waals surface area contributed by atoms with E-state index >= 15 is 0 Å². The van der Waals surface area contributed by atoms with Gasteiger partial charge in [-0.15, -0.1) is 11.8 Å². The largest absolute Gasteiger partial charge is 0.305 e. The Morgan fingerprint density at radius 3 is 2.64 bits per heavy atom. The van der Waals surface area contributed by atoms with E-state index in [9.17, 15) is 4.79 Å². The van der Waals surface area contributed by atoms with Crippen molar-refractivity contribution >= 4 is 23.4 Å². The molecule has 0 bridgehead atoms. The zero-order valence-corrected chi connectivity index (χ0v) is 13.3. The predicted molar refractivity (Wildman–Crippen MR) is 90.8 cm³/mol. The molecule has 2 aromatic rings. The molecular weight excluding hydrogens is 292 g/mol. The Morgan fingerprint density at radius 2 is 1.91 bits per heavy atom. The van der Waals surface area contributed by atoms with Crippen molar-refractivity contribution in [3.05, 3.63) is 65.7 Å². The maximum Gasteiger partial charge on any atom is 0.262 e. The Hall–Kier alpha value is -1.78. The van der Waals surface area contributed by atoms with E-state index in [0.29, 0.717) is 12.6 Å². The van der Waals surface area contributed by atoms with Crippen LogP contribution in [0.2, 0.25) is 0 Å². The van der Waals surface area contributed by atoms with Crippen LogP contribution in [0.3, 0.4) is 0 Å². The van der Waals surface area contributed by atoms with Gasteiger partial charge < -0.3 is 4.90 Å². The van der Waals surface area contributed by atoms with Crippen molar-refractivity contribution in [2.75, 3.05) is 10.7 Å². The van der Waals surface area contributed by atoms with Crippen LogP contribution in [0.4, 0.5) is 5.69 Å². The van der Waals surface area contributed by atoms with Crippen LogP contribution in [0.1, 0.15) is 18.1 Å². The molecule has 2 heterocycles. The van der Waals surface area contributed by atoms with Gasteiger partial charge in [0, 0.05) is 17.4 Å². The normalized spacial score (nSPS) is 26.7. The molecule has 2 aromatic carbocycles. The summed E-state index contributed by atoms with van der Waals surface area (Å²) in [6, 6.07) is 18.7. The number of carbonyl (C=O) groups is 1. The van der Waals surface area contributed by atoms with E-state index in [0.717, 1.165) is 22.6 Å². The molecule has 0 saturated carbocycles. The van der Waals surface area contributed by atoms with Gasteiger partial charge in [-0.2, -0.15) is 0 Å². The summed E-state index contributed by atoms with van der Waals surface area (Å²) in [5, 5.41) is 3.52. The van der Waals surface area contributed by atoms with Crippen molar-refractivity contribution in [2.24, 2.45) is 0 Å². The number of nitrogens with one attached hydrogen (secondary N) is 1. The number of rotatable bonds is 2. The number of anilines is 1. The molecule has 22 heavy (non-hydrogen) atoms. The molecule has 2 aliphatic heterocycles. The Bertz CT molecular complexity index is 718. The van der Waals surface area contributed by atoms with Crippen LogP contribution < -0.4 is 10.2 Å². The van der Waals surface area contributed by atoms with Crippen LogP contribution in [-0.4, -0.2) is 17.7 Å². The number of benzene rings is 2. The van der Waals surface area contributed by atoms with Crippen molar-refractivity contribution in [2.45, 2.75) is 24.4 Å². The fourth-order valence-electron chi connectivity index (χ4n) is 3.30. The predicted octanol–water partition coefficient (Wildman–Crippen LogP) is 3.11. The molecule has 0 aliphatic carbocycles. The first-order valence-corrected chi connectivity index (χ1v) is 8.56. The van der Waals surface area contributed by atoms with E-state index in [4.69, 9.17) is 0 Å². The molecule has 1 amide bonds. The van der Waals surface area contributed by atoms with E-state index in [1.54, 1.807) is 11.8 Å². The van der Waals surface area contributed by atoms with E-state index in [1.807, 2.05) is 35.2 Å². The van der Waals surface area contributed by atoms with Crippen LogP contribution in [0.15, 0.2) is 54.6 Å². The molecule has 2 atom stereocenters. The molecule has 1 saturated heterocycles. The number of nitrogens with zero attached hydrogens (tertiary/aromatic N) is 1. The fraction of sp³-hybridized carbons (Fsp3) is 0.278. The lowest BCUT2D eigenvalue weighted by atomic mass is 10.1. The monoisotopic (exact) mass is 310 g/mol. The average Bonchev–Trinajstić information content (AvgIpc) is 3.04. The molecule has 112 valence electrons. The van der Waals surface area contributed by atoms with Gasteiger partial charge in [0.25, 0.3) is 5.91 Å². The minimum absolute atomic E-state index is 0.159. The van der Waals surface area contributed by atoms with E-state index in [1.165, 1.54) is 0 Å². The number of thioether (sulfide) groups is 1. The second-order valence-corrected chi connectivity index (χ2v) is 7.17. The van der Waals surface area contributed by atoms with Gasteiger partial charge in [-0.25, -0.2) is 0 Å². The molecule has 0 aromatic heterocycles. The van der Waals surface area contributed by atoms with Gasteiger partial charge in [0.2, 0.25) is 0 Å². The molecule has 1 fully saturated rings. The molecule has 1 N–H and O–H groups in total. The van der Waals surface area contributed by atoms with Crippen molar-refractivity contribution in [1.82, 2.24) is 5.32 Å². The standard InChI is InChI=1S/C18H18N2OS/c1-13-12-22-18(19-13)15-9-5-6-10-16(15)20(17(18)21)11-14-7-3-2-4-8-14/h2-10,13,19H,11-12H2,1H3. The van der Waals surface area contributed by atoms with Gasteiger partial charge >= 0.3 is 0 Å². The van der Waals surface area contributed by atoms with E-state index in [2.05, 4.69) is 36.5 Å². The molecule has 0 radical (unpaired) electrons. The van der Waals surface area contributed by atoms with Gasteiger partial charge in [0.15, 0.2) is 4.87 Å². The summed E-state index contributed by atoms with van der Waals surface area (Å²) >= 11 is 1.72. The first kappa shape index (κ1) is 13.9. The zero-order valence-electron chi connectivity index (χ0n) is 12.5. The smallest absolute Gasteiger partial charge is 0.262 e. The minimum atomic E-state index is -0.592. The summed E-state index contributed by atoms with van der Waals surface area (Å²) in [6.07, 6.45) is 0. The topological polar surface area (TPSA) is 32.3 Å². The summed E-state index contributed by atoms with van der Waals surface area (Å²) in [6.45, 7) is 2.76. The van der Waals surface area contributed by atoms with Crippen LogP contribution >= 0.6 is 11.8 Å². The number of fused-ring (bicyclic) bond motifs is 2. The number of amides is 1. The summed E-state index contributed by atoms with van der Waals surface area (Å²) in [7, 11) is 0. The third kappa shape index (κ3) is 1.98. The lowest BCUT2D eigenvalue weighted by Gasteiger charge is -2.24. The first-order chi connectivity index (χ1) is 10.7. The SMILES string of the molecule is CC1CSC2(N1)C(=O)N(Cc1ccccc1)c1ccccc12. The summed E-state index contributed by atoms with van der Waals surface area (Å²) in [5.74, 6) is 1.12. The van der Waals surface area contributed by atoms with E-state index < -0.39 is 4.87 Å². The third-order valence-electron chi connectivity index (χ3n) is 4.30. The highest BCUT2D eigenvalue weighted by Gasteiger charge is 2.54. The molecule has 1 spiro atoms.